The molecule has 34 heavy (non-hydrogen) atoms. The van der Waals surface area contributed by atoms with Crippen LogP contribution in [-0.4, -0.2) is 68.3 Å². The lowest BCUT2D eigenvalue weighted by atomic mass is 9.89. The van der Waals surface area contributed by atoms with Crippen LogP contribution in [0.25, 0.3) is 0 Å². The van der Waals surface area contributed by atoms with Crippen molar-refractivity contribution < 1.29 is 39.3 Å². The van der Waals surface area contributed by atoms with Crippen LogP contribution in [0.15, 0.2) is 0 Å². The lowest BCUT2D eigenvalue weighted by Gasteiger charge is -2.40. The van der Waals surface area contributed by atoms with E-state index in [1.165, 1.54) is 13.8 Å². The first-order valence-electron chi connectivity index (χ1n) is 11.3. The van der Waals surface area contributed by atoms with Crippen LogP contribution < -0.4 is 21.7 Å². The first kappa shape index (κ1) is 31.3. The third kappa shape index (κ3) is 10.0. The molecule has 0 aromatic heterocycles. The zero-order valence-corrected chi connectivity index (χ0v) is 20.8. The molecule has 0 saturated carbocycles. The molecule has 0 aromatic carbocycles. The summed E-state index contributed by atoms with van der Waals surface area (Å²) in [6.45, 7) is 9.82. The van der Waals surface area contributed by atoms with Gasteiger partial charge in [0.2, 0.25) is 17.5 Å². The predicted octanol–water partition coefficient (Wildman–Crippen LogP) is -0.0702. The van der Waals surface area contributed by atoms with Crippen molar-refractivity contribution in [2.24, 2.45) is 17.6 Å². The largest absolute Gasteiger partial charge is 0.481 e. The number of rotatable bonds is 15. The Morgan fingerprint density at radius 3 is 1.88 bits per heavy atom. The van der Waals surface area contributed by atoms with Gasteiger partial charge in [0.15, 0.2) is 0 Å². The van der Waals surface area contributed by atoms with Gasteiger partial charge in [-0.05, 0) is 38.5 Å². The average Bonchev–Trinajstić information content (AvgIpc) is 2.66. The first-order valence-corrected chi connectivity index (χ1v) is 11.3. The molecule has 0 unspecified atom stereocenters. The molecule has 12 nitrogen and oxygen atoms in total. The van der Waals surface area contributed by atoms with Crippen LogP contribution in [0.4, 0.5) is 0 Å². The second-order valence-electron chi connectivity index (χ2n) is 9.79. The molecule has 196 valence electrons. The lowest BCUT2D eigenvalue weighted by molar-refractivity contribution is -0.159. The Hall–Kier alpha value is -2.73. The van der Waals surface area contributed by atoms with Gasteiger partial charge in [-0.1, -0.05) is 34.1 Å². The first-order chi connectivity index (χ1) is 15.4. The van der Waals surface area contributed by atoms with Crippen LogP contribution in [0.5, 0.6) is 0 Å². The third-order valence-corrected chi connectivity index (χ3v) is 5.26. The normalized spacial score (nSPS) is 15.2. The van der Waals surface area contributed by atoms with E-state index >= 15 is 0 Å². The second kappa shape index (κ2) is 13.2. The number of aliphatic carboxylic acids is 2. The van der Waals surface area contributed by atoms with Crippen molar-refractivity contribution in [2.75, 3.05) is 0 Å². The Balaban J connectivity index is 5.59. The van der Waals surface area contributed by atoms with Gasteiger partial charge in [0, 0.05) is 12.8 Å². The summed E-state index contributed by atoms with van der Waals surface area (Å²) in [5.74, 6) is -5.46. The Labute approximate surface area is 200 Å². The zero-order valence-electron chi connectivity index (χ0n) is 20.8. The molecular formula is C22H40N4O8. The second-order valence-corrected chi connectivity index (χ2v) is 9.79. The Kier molecular flexibility index (Phi) is 12.2. The summed E-state index contributed by atoms with van der Waals surface area (Å²) in [6.07, 6.45) is 0.519. The molecule has 0 aliphatic carbocycles. The summed E-state index contributed by atoms with van der Waals surface area (Å²) < 4.78 is 0. The molecule has 0 spiro atoms. The van der Waals surface area contributed by atoms with Crippen LogP contribution in [0.3, 0.4) is 0 Å². The molecule has 0 bridgehead atoms. The lowest BCUT2D eigenvalue weighted by Crippen LogP contribution is -2.74. The fraction of sp³-hybridized carbons (Fsp3) is 0.773. The minimum absolute atomic E-state index is 0.0574. The molecule has 0 rings (SSSR count). The van der Waals surface area contributed by atoms with E-state index in [9.17, 15) is 34.2 Å². The van der Waals surface area contributed by atoms with Crippen molar-refractivity contribution in [3.63, 3.8) is 0 Å². The highest BCUT2D eigenvalue weighted by molar-refractivity contribution is 5.95. The highest BCUT2D eigenvalue weighted by Crippen LogP contribution is 2.19. The summed E-state index contributed by atoms with van der Waals surface area (Å²) in [5, 5.41) is 35.9. The summed E-state index contributed by atoms with van der Waals surface area (Å²) in [4.78, 5) is 60.4. The minimum atomic E-state index is -2.56. The Morgan fingerprint density at radius 2 is 1.47 bits per heavy atom. The number of amides is 3. The molecule has 0 radical (unpaired) electrons. The van der Waals surface area contributed by atoms with Gasteiger partial charge in [-0.15, -0.1) is 0 Å². The molecule has 0 fully saturated rings. The van der Waals surface area contributed by atoms with Gasteiger partial charge in [-0.25, -0.2) is 4.79 Å². The summed E-state index contributed by atoms with van der Waals surface area (Å²) in [6, 6.07) is -2.79. The van der Waals surface area contributed by atoms with E-state index < -0.39 is 65.3 Å². The van der Waals surface area contributed by atoms with Gasteiger partial charge in [-0.3, -0.25) is 19.2 Å². The van der Waals surface area contributed by atoms with Gasteiger partial charge in [-0.2, -0.15) is 0 Å². The summed E-state index contributed by atoms with van der Waals surface area (Å²) >= 11 is 0. The van der Waals surface area contributed by atoms with Gasteiger partial charge >= 0.3 is 11.9 Å². The van der Waals surface area contributed by atoms with E-state index in [0.29, 0.717) is 12.3 Å². The zero-order chi connectivity index (χ0) is 26.9. The molecule has 0 aliphatic heterocycles. The fourth-order valence-electron chi connectivity index (χ4n) is 3.01. The quantitative estimate of drug-likeness (QED) is 0.154. The Bertz CT molecular complexity index is 748. The van der Waals surface area contributed by atoms with Crippen LogP contribution in [0, 0.1) is 11.8 Å². The van der Waals surface area contributed by atoms with E-state index in [0.717, 1.165) is 6.42 Å². The van der Waals surface area contributed by atoms with Crippen molar-refractivity contribution in [3.05, 3.63) is 0 Å². The van der Waals surface area contributed by atoms with Crippen molar-refractivity contribution >= 4 is 29.7 Å². The van der Waals surface area contributed by atoms with Gasteiger partial charge in [0.25, 0.3) is 5.91 Å². The van der Waals surface area contributed by atoms with Gasteiger partial charge in [0.1, 0.15) is 12.1 Å². The number of hydrogen-bond acceptors (Lipinski definition) is 7. The predicted molar refractivity (Wildman–Crippen MR) is 123 cm³/mol. The van der Waals surface area contributed by atoms with E-state index in [1.807, 2.05) is 13.8 Å². The van der Waals surface area contributed by atoms with Crippen molar-refractivity contribution in [1.29, 1.82) is 0 Å². The smallest absolute Gasteiger partial charge is 0.326 e. The van der Waals surface area contributed by atoms with Crippen LogP contribution in [0.1, 0.15) is 73.6 Å². The average molecular weight is 489 g/mol. The molecule has 12 heteroatoms. The maximum atomic E-state index is 13.1. The maximum absolute atomic E-state index is 13.1. The molecule has 3 amide bonds. The van der Waals surface area contributed by atoms with Crippen LogP contribution in [0.2, 0.25) is 0 Å². The number of carbonyl (C=O) groups is 5. The summed E-state index contributed by atoms with van der Waals surface area (Å²) in [5.41, 5.74) is 1.79. The van der Waals surface area contributed by atoms with Gasteiger partial charge < -0.3 is 37.0 Å². The molecule has 0 aromatic rings. The highest BCUT2D eigenvalue weighted by atomic mass is 16.4. The number of hydrogen-bond donors (Lipinski definition) is 7. The maximum Gasteiger partial charge on any atom is 0.326 e. The van der Waals surface area contributed by atoms with Crippen molar-refractivity contribution in [2.45, 2.75) is 97.0 Å². The van der Waals surface area contributed by atoms with Crippen molar-refractivity contribution in [1.82, 2.24) is 16.0 Å². The topological polar surface area (TPSA) is 208 Å². The number of carboxylic acids is 2. The molecular weight excluding hydrogens is 448 g/mol. The number of nitrogens with two attached hydrogens (primary N) is 1. The summed E-state index contributed by atoms with van der Waals surface area (Å²) in [7, 11) is 0. The highest BCUT2D eigenvalue weighted by Gasteiger charge is 2.50. The monoisotopic (exact) mass is 488 g/mol. The number of aliphatic hydroxyl groups is 1. The molecule has 8 N–H and O–H groups in total. The minimum Gasteiger partial charge on any atom is -0.481 e. The van der Waals surface area contributed by atoms with Crippen LogP contribution in [-0.2, 0) is 24.0 Å². The van der Waals surface area contributed by atoms with E-state index in [1.54, 1.807) is 13.8 Å². The van der Waals surface area contributed by atoms with Crippen molar-refractivity contribution in [3.8, 4) is 0 Å². The van der Waals surface area contributed by atoms with E-state index in [-0.39, 0.29) is 12.8 Å². The van der Waals surface area contributed by atoms with Gasteiger partial charge in [0.05, 0.1) is 5.54 Å². The Morgan fingerprint density at radius 1 is 0.912 bits per heavy atom. The molecule has 0 saturated heterocycles. The number of nitrogens with one attached hydrogen (secondary N) is 3. The molecule has 0 heterocycles. The van der Waals surface area contributed by atoms with Crippen LogP contribution >= 0.6 is 0 Å². The number of carboxylic acid groups (broad SMARTS) is 2. The molecule has 0 aliphatic rings. The standard InChI is InChI=1S/C22H40N4O8/c1-12(2)8-7-9-15(27)26-22(34,21(5,6)23)20(33)25-17(13(3)4)18(30)24-14(19(31)32)10-11-16(28)29/h12-14,17,34H,7-11,23H2,1-6H3,(H,24,30)(H,25,33)(H,26,27)(H,28,29)(H,31,32)/t14-,17-,22-/m0/s1. The molecule has 3 atom stereocenters. The van der Waals surface area contributed by atoms with E-state index in [4.69, 9.17) is 10.8 Å². The third-order valence-electron chi connectivity index (χ3n) is 5.26. The number of carbonyl (C=O) groups excluding carboxylic acids is 3. The van der Waals surface area contributed by atoms with E-state index in [2.05, 4.69) is 16.0 Å². The SMILES string of the molecule is CC(C)CCCC(=O)N[C@](O)(C(=O)N[C@H](C(=O)N[C@@H](CCC(=O)O)C(=O)O)C(C)C)C(C)(C)N. The fourth-order valence-corrected chi connectivity index (χ4v) is 3.01.